The molecule has 1 aliphatic rings. The molecule has 0 unspecified atom stereocenters. The third kappa shape index (κ3) is 5.99. The number of benzene rings is 2. The molecule has 2 aromatic carbocycles. The first-order chi connectivity index (χ1) is 15.4. The Bertz CT molecular complexity index is 950. The van der Waals surface area contributed by atoms with E-state index in [-0.39, 0.29) is 18.2 Å². The number of amides is 2. The minimum absolute atomic E-state index is 0.0319. The third-order valence-electron chi connectivity index (χ3n) is 5.26. The molecule has 0 spiro atoms. The van der Waals surface area contributed by atoms with Crippen LogP contribution in [0.2, 0.25) is 5.02 Å². The van der Waals surface area contributed by atoms with Gasteiger partial charge in [-0.05, 0) is 73.9 Å². The zero-order chi connectivity index (χ0) is 23.1. The highest BCUT2D eigenvalue weighted by Gasteiger charge is 2.42. The molecule has 0 bridgehead atoms. The molecule has 32 heavy (non-hydrogen) atoms. The minimum Gasteiger partial charge on any atom is -0.494 e. The average Bonchev–Trinajstić information content (AvgIpc) is 3.01. The van der Waals surface area contributed by atoms with Gasteiger partial charge in [-0.3, -0.25) is 14.5 Å². The molecule has 1 N–H and O–H groups in total. The summed E-state index contributed by atoms with van der Waals surface area (Å²) in [5.41, 5.74) is 1.75. The van der Waals surface area contributed by atoms with Crippen molar-refractivity contribution in [1.29, 1.82) is 0 Å². The van der Waals surface area contributed by atoms with Gasteiger partial charge in [-0.2, -0.15) is 0 Å². The number of rotatable bonds is 10. The number of likely N-dealkylation sites (N-methyl/N-ethyl adjacent to an activating group) is 1. The van der Waals surface area contributed by atoms with Gasteiger partial charge in [0.15, 0.2) is 5.11 Å². The predicted octanol–water partition coefficient (Wildman–Crippen LogP) is 4.52. The largest absolute Gasteiger partial charge is 0.494 e. The number of nitrogens with zero attached hydrogens (tertiary/aromatic N) is 2. The van der Waals surface area contributed by atoms with Gasteiger partial charge in [0.05, 0.1) is 13.0 Å². The summed E-state index contributed by atoms with van der Waals surface area (Å²) < 4.78 is 5.57. The van der Waals surface area contributed by atoms with Crippen molar-refractivity contribution < 1.29 is 14.3 Å². The number of halogens is 1. The lowest BCUT2D eigenvalue weighted by Gasteiger charge is -2.23. The number of hydrogen-bond acceptors (Lipinski definition) is 4. The van der Waals surface area contributed by atoms with Crippen LogP contribution in [0.25, 0.3) is 0 Å². The number of carbonyl (C=O) groups is 2. The molecule has 1 heterocycles. The average molecular weight is 474 g/mol. The second-order valence-corrected chi connectivity index (χ2v) is 8.38. The van der Waals surface area contributed by atoms with Crippen LogP contribution in [0.5, 0.6) is 5.75 Å². The zero-order valence-corrected chi connectivity index (χ0v) is 19.9. The van der Waals surface area contributed by atoms with Crippen LogP contribution in [0.4, 0.5) is 5.69 Å². The quantitative estimate of drug-likeness (QED) is 0.514. The summed E-state index contributed by atoms with van der Waals surface area (Å²) >= 11 is 11.5. The van der Waals surface area contributed by atoms with Crippen molar-refractivity contribution >= 4 is 46.4 Å². The van der Waals surface area contributed by atoms with Crippen molar-refractivity contribution in [3.8, 4) is 5.75 Å². The van der Waals surface area contributed by atoms with Crippen molar-refractivity contribution in [2.75, 3.05) is 25.0 Å². The summed E-state index contributed by atoms with van der Waals surface area (Å²) in [6.45, 7) is 5.60. The second-order valence-electron chi connectivity index (χ2n) is 7.58. The SMILES string of the molecule is CCCOc1ccc(NC(=O)C[C@H]2C(=O)N(CC)C(=S)N2CCc2ccc(Cl)cc2)cc1. The Morgan fingerprint density at radius 2 is 1.81 bits per heavy atom. The van der Waals surface area contributed by atoms with Crippen molar-refractivity contribution in [3.05, 3.63) is 59.1 Å². The lowest BCUT2D eigenvalue weighted by Crippen LogP contribution is -2.39. The van der Waals surface area contributed by atoms with Crippen LogP contribution in [0.3, 0.4) is 0 Å². The van der Waals surface area contributed by atoms with Gasteiger partial charge in [0.1, 0.15) is 11.8 Å². The molecule has 1 saturated heterocycles. The van der Waals surface area contributed by atoms with Crippen molar-refractivity contribution in [3.63, 3.8) is 0 Å². The summed E-state index contributed by atoms with van der Waals surface area (Å²) in [6, 6.07) is 14.2. The molecular formula is C24H28ClN3O3S. The molecule has 0 aliphatic carbocycles. The Balaban J connectivity index is 1.64. The van der Waals surface area contributed by atoms with E-state index in [9.17, 15) is 9.59 Å². The van der Waals surface area contributed by atoms with Crippen molar-refractivity contribution in [1.82, 2.24) is 9.80 Å². The van der Waals surface area contributed by atoms with E-state index in [2.05, 4.69) is 5.32 Å². The van der Waals surface area contributed by atoms with Gasteiger partial charge >= 0.3 is 0 Å². The fourth-order valence-corrected chi connectivity index (χ4v) is 4.14. The highest BCUT2D eigenvalue weighted by Crippen LogP contribution is 2.23. The first-order valence-corrected chi connectivity index (χ1v) is 11.6. The number of nitrogens with one attached hydrogen (secondary N) is 1. The zero-order valence-electron chi connectivity index (χ0n) is 18.3. The van der Waals surface area contributed by atoms with Gasteiger partial charge in [-0.25, -0.2) is 0 Å². The monoisotopic (exact) mass is 473 g/mol. The molecule has 3 rings (SSSR count). The van der Waals surface area contributed by atoms with Crippen LogP contribution in [-0.2, 0) is 16.0 Å². The van der Waals surface area contributed by atoms with Crippen LogP contribution in [0.1, 0.15) is 32.3 Å². The Labute approximate surface area is 199 Å². The number of anilines is 1. The normalized spacial score (nSPS) is 15.9. The Morgan fingerprint density at radius 3 is 2.44 bits per heavy atom. The van der Waals surface area contributed by atoms with E-state index in [4.69, 9.17) is 28.6 Å². The molecular weight excluding hydrogens is 446 g/mol. The maximum Gasteiger partial charge on any atom is 0.252 e. The highest BCUT2D eigenvalue weighted by atomic mass is 35.5. The fourth-order valence-electron chi connectivity index (χ4n) is 3.58. The van der Waals surface area contributed by atoms with Crippen LogP contribution >= 0.6 is 23.8 Å². The fraction of sp³-hybridized carbons (Fsp3) is 0.375. The van der Waals surface area contributed by atoms with Crippen molar-refractivity contribution in [2.24, 2.45) is 0 Å². The molecule has 0 aromatic heterocycles. The lowest BCUT2D eigenvalue weighted by atomic mass is 10.1. The number of thiocarbonyl (C=S) groups is 1. The van der Waals surface area contributed by atoms with E-state index >= 15 is 0 Å². The highest BCUT2D eigenvalue weighted by molar-refractivity contribution is 7.80. The molecule has 0 saturated carbocycles. The topological polar surface area (TPSA) is 61.9 Å². The Hall–Kier alpha value is -2.64. The van der Waals surface area contributed by atoms with E-state index in [0.29, 0.717) is 41.9 Å². The summed E-state index contributed by atoms with van der Waals surface area (Å²) in [5.74, 6) is 0.392. The Kier molecular flexibility index (Phi) is 8.47. The van der Waals surface area contributed by atoms with Gasteiger partial charge in [0, 0.05) is 23.8 Å². The van der Waals surface area contributed by atoms with E-state index in [1.165, 1.54) is 0 Å². The molecule has 2 amide bonds. The summed E-state index contributed by atoms with van der Waals surface area (Å²) in [5, 5.41) is 4.02. The van der Waals surface area contributed by atoms with Crippen LogP contribution in [0.15, 0.2) is 48.5 Å². The number of carbonyl (C=O) groups excluding carboxylic acids is 2. The van der Waals surface area contributed by atoms with E-state index in [0.717, 1.165) is 17.7 Å². The molecule has 170 valence electrons. The summed E-state index contributed by atoms with van der Waals surface area (Å²) in [4.78, 5) is 29.1. The smallest absolute Gasteiger partial charge is 0.252 e. The van der Waals surface area contributed by atoms with Gasteiger partial charge in [0.25, 0.3) is 5.91 Å². The minimum atomic E-state index is -0.609. The molecule has 0 radical (unpaired) electrons. The Morgan fingerprint density at radius 1 is 1.12 bits per heavy atom. The van der Waals surface area contributed by atoms with E-state index in [1.54, 1.807) is 17.0 Å². The van der Waals surface area contributed by atoms with E-state index < -0.39 is 6.04 Å². The first kappa shape index (κ1) is 24.0. The molecule has 8 heteroatoms. The summed E-state index contributed by atoms with van der Waals surface area (Å²) in [6.07, 6.45) is 1.66. The van der Waals surface area contributed by atoms with Gasteiger partial charge < -0.3 is 15.0 Å². The third-order valence-corrected chi connectivity index (χ3v) is 5.97. The lowest BCUT2D eigenvalue weighted by molar-refractivity contribution is -0.130. The molecule has 1 fully saturated rings. The standard InChI is InChI=1S/C24H28ClN3O3S/c1-3-15-31-20-11-9-19(10-12-20)26-22(29)16-21-23(30)27(4-2)24(32)28(21)14-13-17-5-7-18(25)8-6-17/h5-12,21H,3-4,13-16H2,1-2H3,(H,26,29)/t21-/m0/s1. The van der Waals surface area contributed by atoms with Gasteiger partial charge in [0.2, 0.25) is 5.91 Å². The molecule has 1 atom stereocenters. The van der Waals surface area contributed by atoms with Crippen LogP contribution < -0.4 is 10.1 Å². The maximum absolute atomic E-state index is 12.9. The number of hydrogen-bond donors (Lipinski definition) is 1. The van der Waals surface area contributed by atoms with Crippen LogP contribution in [0, 0.1) is 0 Å². The second kappa shape index (κ2) is 11.3. The van der Waals surface area contributed by atoms with Gasteiger partial charge in [-0.15, -0.1) is 0 Å². The number of ether oxygens (including phenoxy) is 1. The van der Waals surface area contributed by atoms with Gasteiger partial charge in [-0.1, -0.05) is 30.7 Å². The first-order valence-electron chi connectivity index (χ1n) is 10.8. The maximum atomic E-state index is 12.9. The predicted molar refractivity (Wildman–Crippen MR) is 131 cm³/mol. The molecule has 2 aromatic rings. The summed E-state index contributed by atoms with van der Waals surface area (Å²) in [7, 11) is 0. The molecule has 6 nitrogen and oxygen atoms in total. The van der Waals surface area contributed by atoms with Crippen molar-refractivity contribution in [2.45, 2.75) is 39.2 Å². The molecule has 1 aliphatic heterocycles. The van der Waals surface area contributed by atoms with E-state index in [1.807, 2.05) is 55.1 Å². The van der Waals surface area contributed by atoms with Crippen LogP contribution in [-0.4, -0.2) is 52.5 Å².